The molecule has 0 bridgehead atoms. The first-order valence-corrected chi connectivity index (χ1v) is 11.2. The number of amides is 2. The first-order chi connectivity index (χ1) is 14.0. The lowest BCUT2D eigenvalue weighted by Crippen LogP contribution is -2.63. The number of fused-ring (bicyclic) bond motifs is 2. The summed E-state index contributed by atoms with van der Waals surface area (Å²) in [7, 11) is 0. The second-order valence-electron chi connectivity index (χ2n) is 9.15. The van der Waals surface area contributed by atoms with Gasteiger partial charge in [0.05, 0.1) is 29.8 Å². The van der Waals surface area contributed by atoms with Crippen molar-refractivity contribution in [3.8, 4) is 0 Å². The van der Waals surface area contributed by atoms with Crippen LogP contribution in [0.3, 0.4) is 0 Å². The van der Waals surface area contributed by atoms with Crippen LogP contribution >= 0.6 is 11.8 Å². The van der Waals surface area contributed by atoms with Crippen molar-refractivity contribution >= 4 is 29.5 Å². The predicted molar refractivity (Wildman–Crippen MR) is 112 cm³/mol. The lowest BCUT2D eigenvalue weighted by molar-refractivity contribution is -0.163. The number of aliphatic carboxylic acids is 1. The van der Waals surface area contributed by atoms with E-state index in [0.29, 0.717) is 24.4 Å². The molecule has 2 amide bonds. The Hall–Kier alpha value is -1.84. The molecule has 0 radical (unpaired) electrons. The van der Waals surface area contributed by atoms with E-state index >= 15 is 0 Å². The Labute approximate surface area is 180 Å². The van der Waals surface area contributed by atoms with Gasteiger partial charge in [0, 0.05) is 29.2 Å². The van der Waals surface area contributed by atoms with E-state index < -0.39 is 23.7 Å². The Kier molecular flexibility index (Phi) is 5.06. The number of nitrogens with zero attached hydrogens (tertiary/aromatic N) is 3. The summed E-state index contributed by atoms with van der Waals surface area (Å²) in [5.74, 6) is -2.07. The van der Waals surface area contributed by atoms with Crippen LogP contribution in [0.2, 0.25) is 0 Å². The number of carboxylic acids is 1. The molecule has 8 nitrogen and oxygen atoms in total. The van der Waals surface area contributed by atoms with E-state index in [0.717, 1.165) is 0 Å². The van der Waals surface area contributed by atoms with Crippen molar-refractivity contribution in [1.82, 2.24) is 14.7 Å². The molecule has 4 heterocycles. The normalized spacial score (nSPS) is 36.1. The Balaban J connectivity index is 1.56. The number of hydrogen-bond acceptors (Lipinski definition) is 6. The van der Waals surface area contributed by atoms with Crippen molar-refractivity contribution in [2.24, 2.45) is 11.8 Å². The number of aliphatic hydroxyl groups is 1. The summed E-state index contributed by atoms with van der Waals surface area (Å²) in [5, 5.41) is 19.9. The summed E-state index contributed by atoms with van der Waals surface area (Å²) in [6.07, 6.45) is 1.56. The third kappa shape index (κ3) is 2.78. The fourth-order valence-corrected chi connectivity index (χ4v) is 7.15. The minimum Gasteiger partial charge on any atom is -0.477 e. The molecular weight excluding hydrogens is 406 g/mol. The molecular formula is C21H29N3O5S. The van der Waals surface area contributed by atoms with Gasteiger partial charge in [-0.2, -0.15) is 0 Å². The molecule has 6 atom stereocenters. The summed E-state index contributed by atoms with van der Waals surface area (Å²) < 4.78 is 0. The van der Waals surface area contributed by atoms with Gasteiger partial charge >= 0.3 is 5.97 Å². The average Bonchev–Trinajstić information content (AvgIpc) is 3.23. The topological polar surface area (TPSA) is 101 Å². The summed E-state index contributed by atoms with van der Waals surface area (Å²) in [4.78, 5) is 43.5. The monoisotopic (exact) mass is 435 g/mol. The Bertz CT molecular complexity index is 854. The number of carbonyl (C=O) groups excluding carboxylic acids is 2. The van der Waals surface area contributed by atoms with E-state index in [9.17, 15) is 24.6 Å². The molecule has 0 aromatic heterocycles. The molecule has 4 aliphatic rings. The molecule has 30 heavy (non-hydrogen) atoms. The molecule has 164 valence electrons. The standard InChI is InChI=1S/C21H29N3O5S/c1-6-7-22-18(26)13-8-12(9-23(13)21(22,4)5)30-17-10(2)15-14(11(3)25)19(27)24(15)16(17)20(28)29/h6,10-15,25H,1,7-9H2,2-5H3,(H,28,29)/t10-,11-,12+,13?,14-,15-/m1/s1. The fraction of sp³-hybridized carbons (Fsp3) is 0.667. The number of carboxylic acid groups (broad SMARTS) is 1. The maximum Gasteiger partial charge on any atom is 0.353 e. The minimum atomic E-state index is -1.11. The molecule has 4 aliphatic heterocycles. The Morgan fingerprint density at radius 1 is 1.37 bits per heavy atom. The third-order valence-electron chi connectivity index (χ3n) is 7.09. The predicted octanol–water partition coefficient (Wildman–Crippen LogP) is 1.08. The van der Waals surface area contributed by atoms with Crippen LogP contribution in [-0.4, -0.2) is 84.9 Å². The largest absolute Gasteiger partial charge is 0.477 e. The number of aliphatic hydroxyl groups excluding tert-OH is 1. The van der Waals surface area contributed by atoms with Crippen molar-refractivity contribution in [3.05, 3.63) is 23.3 Å². The van der Waals surface area contributed by atoms with Crippen LogP contribution < -0.4 is 0 Å². The fourth-order valence-electron chi connectivity index (χ4n) is 5.63. The van der Waals surface area contributed by atoms with Crippen LogP contribution in [0.1, 0.15) is 34.1 Å². The molecule has 4 rings (SSSR count). The van der Waals surface area contributed by atoms with Crippen molar-refractivity contribution in [1.29, 1.82) is 0 Å². The molecule has 3 fully saturated rings. The maximum absolute atomic E-state index is 12.9. The number of β-lactam (4-membered cyclic amide) rings is 1. The summed E-state index contributed by atoms with van der Waals surface area (Å²) in [6.45, 7) is 12.5. The molecule has 2 N–H and O–H groups in total. The number of rotatable bonds is 6. The van der Waals surface area contributed by atoms with Crippen LogP contribution in [-0.2, 0) is 14.4 Å². The highest BCUT2D eigenvalue weighted by atomic mass is 32.2. The quantitative estimate of drug-likeness (QED) is 0.476. The molecule has 9 heteroatoms. The Morgan fingerprint density at radius 3 is 2.57 bits per heavy atom. The van der Waals surface area contributed by atoms with Crippen LogP contribution in [0.15, 0.2) is 23.3 Å². The zero-order chi connectivity index (χ0) is 22.1. The Morgan fingerprint density at radius 2 is 2.03 bits per heavy atom. The first kappa shape index (κ1) is 21.4. The van der Waals surface area contributed by atoms with Crippen LogP contribution in [0.4, 0.5) is 0 Å². The number of thioether (sulfide) groups is 1. The van der Waals surface area contributed by atoms with Gasteiger partial charge in [-0.3, -0.25) is 14.5 Å². The van der Waals surface area contributed by atoms with Gasteiger partial charge in [0.2, 0.25) is 11.8 Å². The summed E-state index contributed by atoms with van der Waals surface area (Å²) in [5.41, 5.74) is -0.378. The zero-order valence-corrected chi connectivity index (χ0v) is 18.6. The van der Waals surface area contributed by atoms with E-state index in [2.05, 4.69) is 11.5 Å². The number of hydrogen-bond donors (Lipinski definition) is 2. The molecule has 0 spiro atoms. The van der Waals surface area contributed by atoms with Crippen LogP contribution in [0.25, 0.3) is 0 Å². The highest BCUT2D eigenvalue weighted by Gasteiger charge is 2.61. The van der Waals surface area contributed by atoms with Gasteiger partial charge in [-0.1, -0.05) is 13.0 Å². The average molecular weight is 436 g/mol. The van der Waals surface area contributed by atoms with Gasteiger partial charge in [0.25, 0.3) is 0 Å². The molecule has 0 aliphatic carbocycles. The van der Waals surface area contributed by atoms with E-state index in [4.69, 9.17) is 0 Å². The lowest BCUT2D eigenvalue weighted by atomic mass is 9.79. The van der Waals surface area contributed by atoms with Crippen molar-refractivity contribution in [3.63, 3.8) is 0 Å². The van der Waals surface area contributed by atoms with Crippen LogP contribution in [0.5, 0.6) is 0 Å². The van der Waals surface area contributed by atoms with E-state index in [-0.39, 0.29) is 40.8 Å². The first-order valence-electron chi connectivity index (χ1n) is 10.4. The van der Waals surface area contributed by atoms with Crippen molar-refractivity contribution < 1.29 is 24.6 Å². The second-order valence-corrected chi connectivity index (χ2v) is 10.5. The third-order valence-corrected chi connectivity index (χ3v) is 8.59. The van der Waals surface area contributed by atoms with Gasteiger partial charge in [0.15, 0.2) is 0 Å². The van der Waals surface area contributed by atoms with E-state index in [1.165, 1.54) is 16.7 Å². The zero-order valence-electron chi connectivity index (χ0n) is 17.7. The van der Waals surface area contributed by atoms with E-state index in [1.807, 2.05) is 25.7 Å². The lowest BCUT2D eigenvalue weighted by Gasteiger charge is -2.46. The SMILES string of the molecule is C=CCN1C(=O)C2C[C@H](SC3=C(C(=O)O)N4C(=O)[C@H]([C@@H](C)O)[C@H]4[C@H]3C)CN2C1(C)C. The molecule has 0 saturated carbocycles. The highest BCUT2D eigenvalue weighted by Crippen LogP contribution is 2.53. The van der Waals surface area contributed by atoms with Gasteiger partial charge in [-0.05, 0) is 27.2 Å². The van der Waals surface area contributed by atoms with Gasteiger partial charge in [0.1, 0.15) is 5.70 Å². The molecule has 3 saturated heterocycles. The highest BCUT2D eigenvalue weighted by molar-refractivity contribution is 8.03. The van der Waals surface area contributed by atoms with Gasteiger partial charge < -0.3 is 20.0 Å². The smallest absolute Gasteiger partial charge is 0.353 e. The minimum absolute atomic E-state index is 0.0466. The molecule has 0 aromatic rings. The van der Waals surface area contributed by atoms with Gasteiger partial charge in [-0.15, -0.1) is 18.3 Å². The maximum atomic E-state index is 12.9. The second kappa shape index (κ2) is 7.10. The van der Waals surface area contributed by atoms with E-state index in [1.54, 1.807) is 13.0 Å². The molecule has 0 aromatic carbocycles. The molecule has 1 unspecified atom stereocenters. The summed E-state index contributed by atoms with van der Waals surface area (Å²) >= 11 is 1.49. The van der Waals surface area contributed by atoms with Crippen LogP contribution in [0, 0.1) is 11.8 Å². The van der Waals surface area contributed by atoms with Gasteiger partial charge in [-0.25, -0.2) is 4.79 Å². The van der Waals surface area contributed by atoms with Crippen molar-refractivity contribution in [2.45, 2.75) is 63.2 Å². The van der Waals surface area contributed by atoms with Crippen molar-refractivity contribution in [2.75, 3.05) is 13.1 Å². The number of carbonyl (C=O) groups is 3. The summed E-state index contributed by atoms with van der Waals surface area (Å²) in [6, 6.07) is -0.527.